The maximum atomic E-state index is 11.8. The molecule has 1 aromatic rings. The van der Waals surface area contributed by atoms with E-state index < -0.39 is 0 Å². The highest BCUT2D eigenvalue weighted by atomic mass is 16.6. The monoisotopic (exact) mass is 415 g/mol. The highest BCUT2D eigenvalue weighted by molar-refractivity contribution is 5.78. The number of aliphatic imine (C=N–C) groups is 1. The highest BCUT2D eigenvalue weighted by Gasteiger charge is 2.23. The molecule has 2 aliphatic rings. The van der Waals surface area contributed by atoms with E-state index in [2.05, 4.69) is 46.4 Å². The van der Waals surface area contributed by atoms with Crippen LogP contribution in [0.1, 0.15) is 50.7 Å². The number of hydrogen-bond acceptors (Lipinski definition) is 4. The fourth-order valence-electron chi connectivity index (χ4n) is 4.08. The molecule has 166 valence electrons. The van der Waals surface area contributed by atoms with Gasteiger partial charge in [-0.1, -0.05) is 31.2 Å². The molecule has 30 heavy (non-hydrogen) atoms. The second-order valence-electron chi connectivity index (χ2n) is 8.58. The van der Waals surface area contributed by atoms with Crippen molar-refractivity contribution in [2.75, 3.05) is 32.8 Å². The van der Waals surface area contributed by atoms with E-state index in [0.717, 1.165) is 30.9 Å². The molecular formula is C23H37N5O2. The summed E-state index contributed by atoms with van der Waals surface area (Å²) in [7, 11) is 0. The van der Waals surface area contributed by atoms with Crippen molar-refractivity contribution in [1.29, 1.82) is 0 Å². The Morgan fingerprint density at radius 1 is 1.10 bits per heavy atom. The molecule has 7 nitrogen and oxygen atoms in total. The molecule has 1 aromatic carbocycles. The lowest BCUT2D eigenvalue weighted by atomic mass is 9.99. The molecular weight excluding hydrogens is 378 g/mol. The van der Waals surface area contributed by atoms with E-state index in [9.17, 15) is 4.79 Å². The van der Waals surface area contributed by atoms with Crippen LogP contribution in [0.15, 0.2) is 29.3 Å². The fraction of sp³-hybridized carbons (Fsp3) is 0.652. The number of benzene rings is 1. The smallest absolute Gasteiger partial charge is 0.409 e. The zero-order chi connectivity index (χ0) is 21.3. The molecule has 0 atom stereocenters. The summed E-state index contributed by atoms with van der Waals surface area (Å²) < 4.78 is 5.06. The maximum absolute atomic E-state index is 11.8. The number of piperidine rings is 2. The largest absolute Gasteiger partial charge is 0.450 e. The summed E-state index contributed by atoms with van der Waals surface area (Å²) in [5.41, 5.74) is 8.60. The second kappa shape index (κ2) is 11.2. The molecule has 2 aliphatic heterocycles. The van der Waals surface area contributed by atoms with Gasteiger partial charge < -0.3 is 20.7 Å². The molecule has 0 aliphatic carbocycles. The van der Waals surface area contributed by atoms with Gasteiger partial charge in [-0.2, -0.15) is 0 Å². The molecule has 7 heteroatoms. The first-order valence-corrected chi connectivity index (χ1v) is 11.3. The Morgan fingerprint density at radius 2 is 1.73 bits per heavy atom. The third kappa shape index (κ3) is 6.90. The first kappa shape index (κ1) is 22.4. The van der Waals surface area contributed by atoms with Crippen LogP contribution >= 0.6 is 0 Å². The minimum absolute atomic E-state index is 0.226. The molecule has 0 aromatic heterocycles. The van der Waals surface area contributed by atoms with Crippen molar-refractivity contribution in [3.8, 4) is 0 Å². The number of likely N-dealkylation sites (tertiary alicyclic amines) is 2. The summed E-state index contributed by atoms with van der Waals surface area (Å²) in [6.45, 7) is 9.96. The second-order valence-corrected chi connectivity index (χ2v) is 8.58. The van der Waals surface area contributed by atoms with E-state index >= 15 is 0 Å². The van der Waals surface area contributed by atoms with Gasteiger partial charge in [-0.25, -0.2) is 9.79 Å². The molecule has 0 bridgehead atoms. The van der Waals surface area contributed by atoms with Crippen LogP contribution in [-0.2, 0) is 17.8 Å². The van der Waals surface area contributed by atoms with Crippen LogP contribution in [-0.4, -0.2) is 60.7 Å². The number of rotatable bonds is 6. The summed E-state index contributed by atoms with van der Waals surface area (Å²) >= 11 is 0. The van der Waals surface area contributed by atoms with Crippen molar-refractivity contribution in [3.05, 3.63) is 35.4 Å². The van der Waals surface area contributed by atoms with E-state index in [0.29, 0.717) is 32.2 Å². The number of hydrogen-bond donors (Lipinski definition) is 2. The van der Waals surface area contributed by atoms with Gasteiger partial charge >= 0.3 is 6.09 Å². The maximum Gasteiger partial charge on any atom is 0.409 e. The molecule has 1 amide bonds. The number of ether oxygens (including phenoxy) is 1. The van der Waals surface area contributed by atoms with Crippen LogP contribution in [0.5, 0.6) is 0 Å². The van der Waals surface area contributed by atoms with Crippen molar-refractivity contribution >= 4 is 12.1 Å². The average Bonchev–Trinajstić information content (AvgIpc) is 2.75. The molecule has 2 saturated heterocycles. The lowest BCUT2D eigenvalue weighted by molar-refractivity contribution is 0.0963. The normalized spacial score (nSPS) is 19.7. The van der Waals surface area contributed by atoms with Gasteiger partial charge in [0.2, 0.25) is 0 Å². The summed E-state index contributed by atoms with van der Waals surface area (Å²) in [5.74, 6) is 1.33. The van der Waals surface area contributed by atoms with Crippen molar-refractivity contribution in [2.45, 2.75) is 58.7 Å². The van der Waals surface area contributed by atoms with Gasteiger partial charge in [-0.15, -0.1) is 0 Å². The minimum Gasteiger partial charge on any atom is -0.450 e. The quantitative estimate of drug-likeness (QED) is 0.551. The van der Waals surface area contributed by atoms with Gasteiger partial charge in [0.25, 0.3) is 0 Å². The van der Waals surface area contributed by atoms with Crippen molar-refractivity contribution in [1.82, 2.24) is 15.1 Å². The summed E-state index contributed by atoms with van der Waals surface area (Å²) in [6, 6.07) is 8.96. The average molecular weight is 416 g/mol. The summed E-state index contributed by atoms with van der Waals surface area (Å²) in [4.78, 5) is 20.6. The van der Waals surface area contributed by atoms with Crippen molar-refractivity contribution in [3.63, 3.8) is 0 Å². The highest BCUT2D eigenvalue weighted by Crippen LogP contribution is 2.18. The Labute approximate surface area is 180 Å². The van der Waals surface area contributed by atoms with Gasteiger partial charge in [0.15, 0.2) is 5.96 Å². The Balaban J connectivity index is 1.39. The molecule has 0 radical (unpaired) electrons. The van der Waals surface area contributed by atoms with Crippen LogP contribution in [0.3, 0.4) is 0 Å². The number of carbonyl (C=O) groups is 1. The lowest BCUT2D eigenvalue weighted by Crippen LogP contribution is -2.48. The minimum atomic E-state index is -0.226. The molecule has 0 unspecified atom stereocenters. The molecule has 3 rings (SSSR count). The Morgan fingerprint density at radius 3 is 2.37 bits per heavy atom. The first-order chi connectivity index (χ1) is 14.5. The Kier molecular flexibility index (Phi) is 8.37. The van der Waals surface area contributed by atoms with Crippen molar-refractivity contribution in [2.24, 2.45) is 16.6 Å². The van der Waals surface area contributed by atoms with E-state index in [-0.39, 0.29) is 12.1 Å². The third-order valence-corrected chi connectivity index (χ3v) is 6.11. The third-order valence-electron chi connectivity index (χ3n) is 6.11. The number of nitrogens with two attached hydrogens (primary N) is 1. The van der Waals surface area contributed by atoms with Crippen LogP contribution in [0, 0.1) is 5.92 Å². The van der Waals surface area contributed by atoms with Gasteiger partial charge in [0.05, 0.1) is 13.2 Å². The zero-order valence-electron chi connectivity index (χ0n) is 18.5. The van der Waals surface area contributed by atoms with Crippen molar-refractivity contribution < 1.29 is 9.53 Å². The number of nitrogens with zero attached hydrogens (tertiary/aromatic N) is 3. The van der Waals surface area contributed by atoms with E-state index in [1.165, 1.54) is 31.5 Å². The Bertz CT molecular complexity index is 690. The fourth-order valence-corrected chi connectivity index (χ4v) is 4.08. The number of guanidine groups is 1. The van der Waals surface area contributed by atoms with Crippen LogP contribution in [0.4, 0.5) is 4.79 Å². The number of carbonyl (C=O) groups excluding carboxylic acids is 1. The van der Waals surface area contributed by atoms with Crippen LogP contribution < -0.4 is 11.1 Å². The van der Waals surface area contributed by atoms with Gasteiger partial charge in [0, 0.05) is 25.7 Å². The molecule has 2 heterocycles. The lowest BCUT2D eigenvalue weighted by Gasteiger charge is -2.31. The summed E-state index contributed by atoms with van der Waals surface area (Å²) in [6.07, 6.45) is 4.08. The van der Waals surface area contributed by atoms with E-state index in [4.69, 9.17) is 10.5 Å². The number of nitrogens with one attached hydrogen (secondary N) is 1. The predicted molar refractivity (Wildman–Crippen MR) is 120 cm³/mol. The Hall–Kier alpha value is -2.28. The molecule has 3 N–H and O–H groups in total. The van der Waals surface area contributed by atoms with Crippen LogP contribution in [0.25, 0.3) is 0 Å². The molecule has 0 saturated carbocycles. The van der Waals surface area contributed by atoms with Crippen LogP contribution in [0.2, 0.25) is 0 Å². The van der Waals surface area contributed by atoms with E-state index in [1.807, 2.05) is 6.92 Å². The van der Waals surface area contributed by atoms with Gasteiger partial charge in [-0.3, -0.25) is 4.90 Å². The molecule has 0 spiro atoms. The first-order valence-electron chi connectivity index (χ1n) is 11.3. The predicted octanol–water partition coefficient (Wildman–Crippen LogP) is 2.94. The zero-order valence-corrected chi connectivity index (χ0v) is 18.5. The van der Waals surface area contributed by atoms with E-state index in [1.54, 1.807) is 4.90 Å². The SMILES string of the molecule is CCOC(=O)N1CCC(NC(N)=NCc2ccc(CN3CCC(C)CC3)cc2)CC1. The van der Waals surface area contributed by atoms with Gasteiger partial charge in [-0.05, 0) is 62.7 Å². The van der Waals surface area contributed by atoms with Gasteiger partial charge in [0.1, 0.15) is 0 Å². The topological polar surface area (TPSA) is 83.2 Å². The number of amides is 1. The molecule has 2 fully saturated rings. The standard InChI is InChI=1S/C23H37N5O2/c1-3-30-23(29)28-14-10-21(11-15-28)26-22(24)25-16-19-4-6-20(7-5-19)17-27-12-8-18(2)9-13-27/h4-7,18,21H,3,8-17H2,1-2H3,(H3,24,25,26). The summed E-state index contributed by atoms with van der Waals surface area (Å²) in [5, 5.41) is 3.29.